The topological polar surface area (TPSA) is 84.2 Å². The van der Waals surface area contributed by atoms with E-state index in [0.29, 0.717) is 6.04 Å². The average Bonchev–Trinajstić information content (AvgIpc) is 3.40. The summed E-state index contributed by atoms with van der Waals surface area (Å²) in [6, 6.07) is 10.5. The summed E-state index contributed by atoms with van der Waals surface area (Å²) in [5.41, 5.74) is 5.44. The van der Waals surface area contributed by atoms with Crippen molar-refractivity contribution in [1.82, 2.24) is 34.4 Å². The van der Waals surface area contributed by atoms with Crippen LogP contribution in [0.3, 0.4) is 0 Å². The molecule has 0 saturated carbocycles. The van der Waals surface area contributed by atoms with Crippen molar-refractivity contribution in [3.05, 3.63) is 54.4 Å². The van der Waals surface area contributed by atoms with Crippen molar-refractivity contribution in [1.29, 1.82) is 0 Å². The summed E-state index contributed by atoms with van der Waals surface area (Å²) in [7, 11) is 2.16. The zero-order valence-electron chi connectivity index (χ0n) is 17.2. The van der Waals surface area contributed by atoms with Crippen molar-refractivity contribution in [2.24, 2.45) is 0 Å². The van der Waals surface area contributed by atoms with Crippen molar-refractivity contribution in [3.63, 3.8) is 0 Å². The van der Waals surface area contributed by atoms with E-state index in [9.17, 15) is 0 Å². The second kappa shape index (κ2) is 7.97. The van der Waals surface area contributed by atoms with E-state index in [1.54, 1.807) is 10.8 Å². The van der Waals surface area contributed by atoms with Crippen LogP contribution < -0.4 is 0 Å². The van der Waals surface area contributed by atoms with Crippen LogP contribution in [0.25, 0.3) is 28.3 Å². The van der Waals surface area contributed by atoms with E-state index in [1.165, 1.54) is 0 Å². The Hall–Kier alpha value is -3.10. The standard InChI is InChI=1S/C22H25N7O/c1-15-4-3-5-18(25-15)22-21(16-6-7-20-23-14-24-29(20)12-16)26-19(27-22)13-28(2)17-8-10-30-11-9-17/h3-7,12,14,17H,8-11,13H2,1-2H3,(H,26,27). The monoisotopic (exact) mass is 403 g/mol. The Bertz CT molecular complexity index is 1160. The smallest absolute Gasteiger partial charge is 0.155 e. The number of pyridine rings is 2. The van der Waals surface area contributed by atoms with E-state index < -0.39 is 0 Å². The third-order valence-corrected chi connectivity index (χ3v) is 5.66. The molecular weight excluding hydrogens is 378 g/mol. The van der Waals surface area contributed by atoms with E-state index in [4.69, 9.17) is 14.7 Å². The summed E-state index contributed by atoms with van der Waals surface area (Å²) >= 11 is 0. The van der Waals surface area contributed by atoms with Gasteiger partial charge in [-0.15, -0.1) is 0 Å². The molecule has 4 aromatic heterocycles. The van der Waals surface area contributed by atoms with Crippen molar-refractivity contribution < 1.29 is 4.74 Å². The number of fused-ring (bicyclic) bond motifs is 1. The van der Waals surface area contributed by atoms with Crippen molar-refractivity contribution >= 4 is 5.65 Å². The first kappa shape index (κ1) is 18.9. The van der Waals surface area contributed by atoms with Gasteiger partial charge in [-0.2, -0.15) is 5.10 Å². The molecule has 8 heteroatoms. The molecule has 0 atom stereocenters. The molecule has 1 fully saturated rings. The molecule has 1 saturated heterocycles. The minimum atomic E-state index is 0.513. The van der Waals surface area contributed by atoms with Gasteiger partial charge in [-0.25, -0.2) is 14.5 Å². The molecule has 0 bridgehead atoms. The van der Waals surface area contributed by atoms with Crippen LogP contribution in [0.5, 0.6) is 0 Å². The maximum absolute atomic E-state index is 5.51. The highest BCUT2D eigenvalue weighted by molar-refractivity contribution is 5.77. The van der Waals surface area contributed by atoms with E-state index in [2.05, 4.69) is 27.0 Å². The number of H-pyrrole nitrogens is 1. The van der Waals surface area contributed by atoms with Gasteiger partial charge in [-0.1, -0.05) is 6.07 Å². The lowest BCUT2D eigenvalue weighted by Gasteiger charge is -2.30. The van der Waals surface area contributed by atoms with Gasteiger partial charge in [0, 0.05) is 36.7 Å². The van der Waals surface area contributed by atoms with Crippen LogP contribution in [0.1, 0.15) is 24.4 Å². The van der Waals surface area contributed by atoms with Crippen LogP contribution in [0, 0.1) is 6.92 Å². The molecule has 154 valence electrons. The van der Waals surface area contributed by atoms with E-state index in [1.807, 2.05) is 43.5 Å². The lowest BCUT2D eigenvalue weighted by atomic mass is 10.1. The summed E-state index contributed by atoms with van der Waals surface area (Å²) < 4.78 is 7.28. The van der Waals surface area contributed by atoms with Gasteiger partial charge in [0.25, 0.3) is 0 Å². The van der Waals surface area contributed by atoms with E-state index in [-0.39, 0.29) is 0 Å². The second-order valence-corrected chi connectivity index (χ2v) is 7.81. The number of nitrogens with one attached hydrogen (secondary N) is 1. The molecule has 1 aliphatic heterocycles. The number of hydrogen-bond donors (Lipinski definition) is 1. The van der Waals surface area contributed by atoms with Gasteiger partial charge in [0.1, 0.15) is 17.8 Å². The Morgan fingerprint density at radius 3 is 2.87 bits per heavy atom. The minimum Gasteiger partial charge on any atom is -0.381 e. The molecule has 5 rings (SSSR count). The Morgan fingerprint density at radius 2 is 2.03 bits per heavy atom. The van der Waals surface area contributed by atoms with E-state index in [0.717, 1.165) is 72.4 Å². The predicted molar refractivity (Wildman–Crippen MR) is 114 cm³/mol. The quantitative estimate of drug-likeness (QED) is 0.551. The van der Waals surface area contributed by atoms with E-state index >= 15 is 0 Å². The first-order valence-electron chi connectivity index (χ1n) is 10.3. The SMILES string of the molecule is Cc1cccc(-c2nc(CN(C)C3CCOCC3)[nH]c2-c2ccc3ncnn3c2)n1. The van der Waals surface area contributed by atoms with Crippen molar-refractivity contribution in [2.75, 3.05) is 20.3 Å². The first-order chi connectivity index (χ1) is 14.7. The summed E-state index contributed by atoms with van der Waals surface area (Å²) in [6.07, 6.45) is 5.64. The number of nitrogens with zero attached hydrogens (tertiary/aromatic N) is 6. The van der Waals surface area contributed by atoms with Gasteiger partial charge in [-0.3, -0.25) is 9.88 Å². The lowest BCUT2D eigenvalue weighted by molar-refractivity contribution is 0.0400. The van der Waals surface area contributed by atoms with Crippen molar-refractivity contribution in [2.45, 2.75) is 32.4 Å². The zero-order valence-corrected chi connectivity index (χ0v) is 17.2. The molecule has 0 radical (unpaired) electrons. The van der Waals surface area contributed by atoms with Gasteiger partial charge >= 0.3 is 0 Å². The van der Waals surface area contributed by atoms with Crippen LogP contribution in [-0.4, -0.2) is 60.8 Å². The molecule has 0 aliphatic carbocycles. The van der Waals surface area contributed by atoms with Gasteiger partial charge in [0.2, 0.25) is 0 Å². The van der Waals surface area contributed by atoms with Gasteiger partial charge < -0.3 is 9.72 Å². The molecular formula is C22H25N7O. The van der Waals surface area contributed by atoms with Gasteiger partial charge in [-0.05, 0) is 51.1 Å². The summed E-state index contributed by atoms with van der Waals surface area (Å²) in [6.45, 7) is 4.40. The van der Waals surface area contributed by atoms with Gasteiger partial charge in [0.15, 0.2) is 5.65 Å². The summed E-state index contributed by atoms with van der Waals surface area (Å²) in [5, 5.41) is 4.27. The fraction of sp³-hybridized carbons (Fsp3) is 0.364. The number of aromatic nitrogens is 6. The molecule has 0 aromatic carbocycles. The highest BCUT2D eigenvalue weighted by Crippen LogP contribution is 2.30. The Balaban J connectivity index is 1.53. The maximum Gasteiger partial charge on any atom is 0.155 e. The van der Waals surface area contributed by atoms with Crippen LogP contribution in [-0.2, 0) is 11.3 Å². The van der Waals surface area contributed by atoms with Crippen LogP contribution >= 0.6 is 0 Å². The fourth-order valence-corrected chi connectivity index (χ4v) is 4.02. The van der Waals surface area contributed by atoms with Crippen LogP contribution in [0.4, 0.5) is 0 Å². The first-order valence-corrected chi connectivity index (χ1v) is 10.3. The zero-order chi connectivity index (χ0) is 20.5. The largest absolute Gasteiger partial charge is 0.381 e. The third-order valence-electron chi connectivity index (χ3n) is 5.66. The average molecular weight is 403 g/mol. The second-order valence-electron chi connectivity index (χ2n) is 7.81. The number of rotatable bonds is 5. The molecule has 0 spiro atoms. The normalized spacial score (nSPS) is 15.3. The molecule has 5 heterocycles. The third kappa shape index (κ3) is 3.71. The number of imidazole rings is 1. The number of aryl methyl sites for hydroxylation is 1. The highest BCUT2D eigenvalue weighted by Gasteiger charge is 2.21. The Labute approximate surface area is 175 Å². The molecule has 4 aromatic rings. The van der Waals surface area contributed by atoms with Crippen LogP contribution in [0.15, 0.2) is 42.9 Å². The lowest BCUT2D eigenvalue weighted by Crippen LogP contribution is -2.36. The molecule has 8 nitrogen and oxygen atoms in total. The number of hydrogen-bond acceptors (Lipinski definition) is 6. The summed E-state index contributed by atoms with van der Waals surface area (Å²) in [5.74, 6) is 0.927. The summed E-state index contributed by atoms with van der Waals surface area (Å²) in [4.78, 5) is 19.8. The van der Waals surface area contributed by atoms with Crippen LogP contribution in [0.2, 0.25) is 0 Å². The molecule has 1 aliphatic rings. The maximum atomic E-state index is 5.51. The number of aromatic amines is 1. The molecule has 1 N–H and O–H groups in total. The molecule has 0 unspecified atom stereocenters. The molecule has 30 heavy (non-hydrogen) atoms. The fourth-order valence-electron chi connectivity index (χ4n) is 4.02. The number of ether oxygens (including phenoxy) is 1. The predicted octanol–water partition coefficient (Wildman–Crippen LogP) is 3.10. The van der Waals surface area contributed by atoms with Gasteiger partial charge in [0.05, 0.1) is 17.9 Å². The molecule has 0 amide bonds. The Morgan fingerprint density at radius 1 is 1.17 bits per heavy atom. The minimum absolute atomic E-state index is 0.513. The van der Waals surface area contributed by atoms with Crippen molar-refractivity contribution in [3.8, 4) is 22.6 Å². The Kier molecular flexibility index (Phi) is 5.02. The highest BCUT2D eigenvalue weighted by atomic mass is 16.5.